The Morgan fingerprint density at radius 3 is 2.60 bits per heavy atom. The lowest BCUT2D eigenvalue weighted by Crippen LogP contribution is -2.32. The number of anilines is 1. The normalized spacial score (nSPS) is 13.1. The molecule has 0 saturated carbocycles. The van der Waals surface area contributed by atoms with Crippen LogP contribution in [0.2, 0.25) is 0 Å². The Hall–Kier alpha value is -1.09. The standard InChI is InChI=1S/C17H18Br2N2O3S/c1-2-21(9-11-3-4-16(19)25-11)10-17(22)20-13-8-15-14(7-12(13)18)23-5-6-24-15/h3-4,7-8H,2,5-6,9-10H2,1H3,(H,20,22). The molecule has 5 nitrogen and oxygen atoms in total. The largest absolute Gasteiger partial charge is 0.486 e. The summed E-state index contributed by atoms with van der Waals surface area (Å²) < 4.78 is 13.0. The molecule has 0 spiro atoms. The van der Waals surface area contributed by atoms with Crippen LogP contribution in [0.1, 0.15) is 11.8 Å². The van der Waals surface area contributed by atoms with Gasteiger partial charge in [0, 0.05) is 28.0 Å². The molecule has 2 heterocycles. The summed E-state index contributed by atoms with van der Waals surface area (Å²) in [6.45, 7) is 4.98. The average molecular weight is 490 g/mol. The molecule has 134 valence electrons. The molecule has 1 aromatic heterocycles. The number of benzene rings is 1. The van der Waals surface area contributed by atoms with Crippen LogP contribution in [0.3, 0.4) is 0 Å². The molecular formula is C17H18Br2N2O3S. The van der Waals surface area contributed by atoms with Crippen molar-refractivity contribution in [2.24, 2.45) is 0 Å². The van der Waals surface area contributed by atoms with Gasteiger partial charge in [0.2, 0.25) is 5.91 Å². The van der Waals surface area contributed by atoms with Gasteiger partial charge in [-0.3, -0.25) is 9.69 Å². The number of likely N-dealkylation sites (N-methyl/N-ethyl adjacent to an activating group) is 1. The van der Waals surface area contributed by atoms with E-state index in [4.69, 9.17) is 9.47 Å². The van der Waals surface area contributed by atoms with Gasteiger partial charge in [-0.05, 0) is 50.5 Å². The molecule has 8 heteroatoms. The van der Waals surface area contributed by atoms with Gasteiger partial charge >= 0.3 is 0 Å². The topological polar surface area (TPSA) is 50.8 Å². The Bertz CT molecular complexity index is 766. The minimum Gasteiger partial charge on any atom is -0.486 e. The molecule has 0 saturated heterocycles. The van der Waals surface area contributed by atoms with Crippen LogP contribution in [-0.2, 0) is 11.3 Å². The monoisotopic (exact) mass is 488 g/mol. The van der Waals surface area contributed by atoms with Crippen molar-refractivity contribution < 1.29 is 14.3 Å². The maximum Gasteiger partial charge on any atom is 0.238 e. The summed E-state index contributed by atoms with van der Waals surface area (Å²) in [4.78, 5) is 15.8. The van der Waals surface area contributed by atoms with Crippen LogP contribution in [0.5, 0.6) is 11.5 Å². The number of hydrogen-bond acceptors (Lipinski definition) is 5. The summed E-state index contributed by atoms with van der Waals surface area (Å²) >= 11 is 8.63. The van der Waals surface area contributed by atoms with Gasteiger partial charge in [-0.15, -0.1) is 11.3 Å². The molecule has 0 bridgehead atoms. The van der Waals surface area contributed by atoms with E-state index < -0.39 is 0 Å². The fraction of sp³-hybridized carbons (Fsp3) is 0.353. The first-order valence-corrected chi connectivity index (χ1v) is 10.3. The number of nitrogens with one attached hydrogen (secondary N) is 1. The first-order valence-electron chi connectivity index (χ1n) is 7.90. The number of ether oxygens (including phenoxy) is 2. The van der Waals surface area contributed by atoms with Gasteiger partial charge in [0.15, 0.2) is 11.5 Å². The molecule has 0 unspecified atom stereocenters. The lowest BCUT2D eigenvalue weighted by atomic mass is 10.2. The van der Waals surface area contributed by atoms with Crippen molar-refractivity contribution in [3.8, 4) is 11.5 Å². The average Bonchev–Trinajstić information content (AvgIpc) is 3.00. The quantitative estimate of drug-likeness (QED) is 0.648. The zero-order chi connectivity index (χ0) is 17.8. The smallest absolute Gasteiger partial charge is 0.238 e. The Morgan fingerprint density at radius 2 is 1.96 bits per heavy atom. The number of carbonyl (C=O) groups is 1. The summed E-state index contributed by atoms with van der Waals surface area (Å²) in [5.74, 6) is 1.28. The van der Waals surface area contributed by atoms with Crippen molar-refractivity contribution in [1.82, 2.24) is 4.90 Å². The summed E-state index contributed by atoms with van der Waals surface area (Å²) in [7, 11) is 0. The number of halogens is 2. The molecule has 0 radical (unpaired) electrons. The third-order valence-corrected chi connectivity index (χ3v) is 5.99. The van der Waals surface area contributed by atoms with Crippen LogP contribution >= 0.6 is 43.2 Å². The number of amides is 1. The number of rotatable bonds is 6. The minimum absolute atomic E-state index is 0.0603. The van der Waals surface area contributed by atoms with Gasteiger partial charge in [0.05, 0.1) is 16.0 Å². The highest BCUT2D eigenvalue weighted by atomic mass is 79.9. The summed E-state index contributed by atoms with van der Waals surface area (Å²) in [6, 6.07) is 7.72. The zero-order valence-corrected chi connectivity index (χ0v) is 17.7. The lowest BCUT2D eigenvalue weighted by molar-refractivity contribution is -0.117. The molecule has 1 aliphatic rings. The molecule has 1 aromatic carbocycles. The highest BCUT2D eigenvalue weighted by molar-refractivity contribution is 9.11. The van der Waals surface area contributed by atoms with E-state index in [0.717, 1.165) is 21.3 Å². The van der Waals surface area contributed by atoms with Crippen molar-refractivity contribution in [3.05, 3.63) is 37.4 Å². The second-order valence-corrected chi connectivity index (χ2v) is 8.93. The van der Waals surface area contributed by atoms with Gasteiger partial charge in [0.1, 0.15) is 13.2 Å². The van der Waals surface area contributed by atoms with Crippen LogP contribution in [0.4, 0.5) is 5.69 Å². The minimum atomic E-state index is -0.0603. The predicted octanol–water partition coefficient (Wildman–Crippen LogP) is 4.50. The number of hydrogen-bond donors (Lipinski definition) is 1. The Labute approximate surface area is 167 Å². The molecule has 0 atom stereocenters. The maximum absolute atomic E-state index is 12.4. The van der Waals surface area contributed by atoms with E-state index in [1.165, 1.54) is 4.88 Å². The van der Waals surface area contributed by atoms with E-state index in [1.807, 2.05) is 12.1 Å². The molecule has 3 rings (SSSR count). The third-order valence-electron chi connectivity index (χ3n) is 3.73. The molecular weight excluding hydrogens is 472 g/mol. The van der Waals surface area contributed by atoms with Crippen LogP contribution in [-0.4, -0.2) is 37.1 Å². The van der Waals surface area contributed by atoms with E-state index in [2.05, 4.69) is 55.1 Å². The molecule has 2 aromatic rings. The van der Waals surface area contributed by atoms with E-state index in [9.17, 15) is 4.79 Å². The summed E-state index contributed by atoms with van der Waals surface area (Å²) in [5, 5.41) is 2.95. The summed E-state index contributed by atoms with van der Waals surface area (Å²) in [6.07, 6.45) is 0. The molecule has 1 N–H and O–H groups in total. The van der Waals surface area contributed by atoms with E-state index >= 15 is 0 Å². The molecule has 0 aliphatic carbocycles. The Kier molecular flexibility index (Phi) is 6.38. The van der Waals surface area contributed by atoms with E-state index in [0.29, 0.717) is 36.9 Å². The Balaban J connectivity index is 1.63. The Morgan fingerprint density at radius 1 is 1.24 bits per heavy atom. The van der Waals surface area contributed by atoms with Gasteiger partial charge in [-0.2, -0.15) is 0 Å². The number of carbonyl (C=O) groups excluding carboxylic acids is 1. The van der Waals surface area contributed by atoms with Crippen LogP contribution < -0.4 is 14.8 Å². The van der Waals surface area contributed by atoms with E-state index in [-0.39, 0.29) is 5.91 Å². The van der Waals surface area contributed by atoms with Crippen LogP contribution in [0.15, 0.2) is 32.5 Å². The second-order valence-electron chi connectivity index (χ2n) is 5.53. The van der Waals surface area contributed by atoms with Gasteiger partial charge in [-0.25, -0.2) is 0 Å². The molecule has 1 aliphatic heterocycles. The molecule has 1 amide bonds. The SMILES string of the molecule is CCN(CC(=O)Nc1cc2c(cc1Br)OCCO2)Cc1ccc(Br)s1. The van der Waals surface area contributed by atoms with E-state index in [1.54, 1.807) is 17.4 Å². The second kappa shape index (κ2) is 8.53. The van der Waals surface area contributed by atoms with Gasteiger partial charge in [0.25, 0.3) is 0 Å². The first kappa shape index (κ1) is 18.7. The maximum atomic E-state index is 12.4. The van der Waals surface area contributed by atoms with Crippen LogP contribution in [0.25, 0.3) is 0 Å². The fourth-order valence-corrected chi connectivity index (χ4v) is 4.44. The lowest BCUT2D eigenvalue weighted by Gasteiger charge is -2.21. The van der Waals surface area contributed by atoms with Crippen molar-refractivity contribution in [2.45, 2.75) is 13.5 Å². The highest BCUT2D eigenvalue weighted by Gasteiger charge is 2.17. The van der Waals surface area contributed by atoms with Crippen LogP contribution in [0, 0.1) is 0 Å². The molecule has 25 heavy (non-hydrogen) atoms. The van der Waals surface area contributed by atoms with Gasteiger partial charge in [-0.1, -0.05) is 6.92 Å². The van der Waals surface area contributed by atoms with Gasteiger partial charge < -0.3 is 14.8 Å². The number of fused-ring (bicyclic) bond motifs is 1. The first-order chi connectivity index (χ1) is 12.0. The fourth-order valence-electron chi connectivity index (χ4n) is 2.49. The van der Waals surface area contributed by atoms with Crippen molar-refractivity contribution in [2.75, 3.05) is 31.6 Å². The zero-order valence-electron chi connectivity index (χ0n) is 13.7. The van der Waals surface area contributed by atoms with Crippen molar-refractivity contribution in [1.29, 1.82) is 0 Å². The predicted molar refractivity (Wildman–Crippen MR) is 107 cm³/mol. The van der Waals surface area contributed by atoms with Crippen molar-refractivity contribution >= 4 is 54.8 Å². The summed E-state index contributed by atoms with van der Waals surface area (Å²) in [5.41, 5.74) is 0.684. The van der Waals surface area contributed by atoms with Crippen molar-refractivity contribution in [3.63, 3.8) is 0 Å². The highest BCUT2D eigenvalue weighted by Crippen LogP contribution is 2.38. The third kappa shape index (κ3) is 4.97. The number of nitrogens with zero attached hydrogens (tertiary/aromatic N) is 1. The molecule has 0 fully saturated rings. The number of thiophene rings is 1.